The molecule has 7 nitrogen and oxygen atoms in total. The van der Waals surface area contributed by atoms with Gasteiger partial charge in [-0.15, -0.1) is 0 Å². The Labute approximate surface area is 97.0 Å². The highest BCUT2D eigenvalue weighted by molar-refractivity contribution is 6.07. The third-order valence-corrected chi connectivity index (χ3v) is 4.00. The summed E-state index contributed by atoms with van der Waals surface area (Å²) in [5.41, 5.74) is 0. The Balaban J connectivity index is 1.96. The van der Waals surface area contributed by atoms with Gasteiger partial charge in [-0.2, -0.15) is 0 Å². The molecule has 0 bridgehead atoms. The zero-order chi connectivity index (χ0) is 12.3. The van der Waals surface area contributed by atoms with Gasteiger partial charge in [-0.25, -0.2) is 0 Å². The van der Waals surface area contributed by atoms with E-state index in [0.717, 1.165) is 0 Å². The Morgan fingerprint density at radius 1 is 1.12 bits per heavy atom. The molecule has 17 heavy (non-hydrogen) atoms. The van der Waals surface area contributed by atoms with Crippen LogP contribution in [0.4, 0.5) is 0 Å². The molecule has 0 aliphatic carbocycles. The first kappa shape index (κ1) is 11.1. The minimum atomic E-state index is -1.07. The fourth-order valence-corrected chi connectivity index (χ4v) is 3.25. The first-order valence-electron chi connectivity index (χ1n) is 5.65. The predicted molar refractivity (Wildman–Crippen MR) is 53.6 cm³/mol. The van der Waals surface area contributed by atoms with Gasteiger partial charge in [-0.3, -0.25) is 19.8 Å². The van der Waals surface area contributed by atoms with E-state index in [1.807, 2.05) is 0 Å². The van der Waals surface area contributed by atoms with E-state index in [2.05, 4.69) is 5.32 Å². The predicted octanol–water partition coefficient (Wildman–Crippen LogP) is -3.20. The fraction of sp³-hybridized carbons (Fsp3) is 0.800. The lowest BCUT2D eigenvalue weighted by Gasteiger charge is -2.40. The van der Waals surface area contributed by atoms with Crippen LogP contribution in [0.5, 0.6) is 0 Å². The molecular weight excluding hydrogens is 228 g/mol. The van der Waals surface area contributed by atoms with Crippen LogP contribution >= 0.6 is 0 Å². The third kappa shape index (κ3) is 1.37. The number of carbonyl (C=O) groups is 2. The summed E-state index contributed by atoms with van der Waals surface area (Å²) in [6.45, 7) is 0.102. The van der Waals surface area contributed by atoms with Crippen molar-refractivity contribution in [2.75, 3.05) is 6.54 Å². The molecule has 3 aliphatic heterocycles. The summed E-state index contributed by atoms with van der Waals surface area (Å²) in [6.07, 6.45) is -2.82. The lowest BCUT2D eigenvalue weighted by molar-refractivity contribution is -0.131. The zero-order valence-electron chi connectivity index (χ0n) is 8.98. The Morgan fingerprint density at radius 3 is 2.53 bits per heavy atom. The molecule has 3 fully saturated rings. The molecule has 0 aromatic heterocycles. The van der Waals surface area contributed by atoms with Gasteiger partial charge in [0.05, 0.1) is 30.3 Å². The number of aliphatic hydroxyl groups excluding tert-OH is 3. The van der Waals surface area contributed by atoms with E-state index in [-0.39, 0.29) is 18.9 Å². The Bertz CT molecular complexity index is 387. The number of nitrogens with one attached hydrogen (secondary N) is 1. The van der Waals surface area contributed by atoms with Crippen LogP contribution in [-0.2, 0) is 9.59 Å². The van der Waals surface area contributed by atoms with Gasteiger partial charge in [0.1, 0.15) is 6.04 Å². The van der Waals surface area contributed by atoms with Crippen LogP contribution < -0.4 is 5.32 Å². The highest BCUT2D eigenvalue weighted by Gasteiger charge is 2.58. The van der Waals surface area contributed by atoms with Crippen molar-refractivity contribution in [2.24, 2.45) is 5.92 Å². The maximum atomic E-state index is 11.7. The minimum Gasteiger partial charge on any atom is -0.391 e. The van der Waals surface area contributed by atoms with Crippen LogP contribution in [-0.4, -0.2) is 69.0 Å². The van der Waals surface area contributed by atoms with Gasteiger partial charge in [0.2, 0.25) is 11.8 Å². The van der Waals surface area contributed by atoms with Crippen molar-refractivity contribution in [1.82, 2.24) is 10.2 Å². The van der Waals surface area contributed by atoms with Crippen LogP contribution in [0, 0.1) is 5.92 Å². The summed E-state index contributed by atoms with van der Waals surface area (Å²) in [4.78, 5) is 24.7. The number of hydrogen-bond acceptors (Lipinski definition) is 6. The number of nitrogens with zero attached hydrogens (tertiary/aromatic N) is 1. The van der Waals surface area contributed by atoms with Crippen LogP contribution in [0.1, 0.15) is 6.42 Å². The SMILES string of the molecule is O=C1NC(=O)C2C1C[C@@H](O)[C@@H]1[C@H](O)[C@H](O)CN21. The second kappa shape index (κ2) is 3.49. The number of piperidine rings is 1. The van der Waals surface area contributed by atoms with Gasteiger partial charge in [-0.1, -0.05) is 0 Å². The van der Waals surface area contributed by atoms with Gasteiger partial charge >= 0.3 is 0 Å². The van der Waals surface area contributed by atoms with E-state index in [4.69, 9.17) is 0 Å². The quantitative estimate of drug-likeness (QED) is 0.333. The fourth-order valence-electron chi connectivity index (χ4n) is 3.25. The molecule has 3 heterocycles. The maximum absolute atomic E-state index is 11.7. The number of carbonyl (C=O) groups excluding carboxylic acids is 2. The number of fused-ring (bicyclic) bond motifs is 3. The normalized spacial score (nSPS) is 50.1. The van der Waals surface area contributed by atoms with Gasteiger partial charge in [0, 0.05) is 6.54 Å². The van der Waals surface area contributed by atoms with E-state index in [1.165, 1.54) is 0 Å². The van der Waals surface area contributed by atoms with Crippen molar-refractivity contribution < 1.29 is 24.9 Å². The largest absolute Gasteiger partial charge is 0.391 e. The Morgan fingerprint density at radius 2 is 1.82 bits per heavy atom. The van der Waals surface area contributed by atoms with Gasteiger partial charge in [0.25, 0.3) is 0 Å². The molecule has 0 aromatic carbocycles. The van der Waals surface area contributed by atoms with Crippen LogP contribution in [0.15, 0.2) is 0 Å². The van der Waals surface area contributed by atoms with Crippen molar-refractivity contribution in [1.29, 1.82) is 0 Å². The molecule has 0 radical (unpaired) electrons. The van der Waals surface area contributed by atoms with E-state index >= 15 is 0 Å². The maximum Gasteiger partial charge on any atom is 0.244 e. The molecule has 94 valence electrons. The van der Waals surface area contributed by atoms with E-state index in [0.29, 0.717) is 0 Å². The van der Waals surface area contributed by atoms with E-state index < -0.39 is 42.2 Å². The highest BCUT2D eigenvalue weighted by Crippen LogP contribution is 2.37. The van der Waals surface area contributed by atoms with Crippen molar-refractivity contribution in [2.45, 2.75) is 36.8 Å². The first-order chi connectivity index (χ1) is 8.00. The topological polar surface area (TPSA) is 110 Å². The van der Waals surface area contributed by atoms with Crippen molar-refractivity contribution in [3.8, 4) is 0 Å². The summed E-state index contributed by atoms with van der Waals surface area (Å²) >= 11 is 0. The Kier molecular flexibility index (Phi) is 2.27. The standard InChI is InChI=1S/C10H14N2O5/c13-4-1-3-6(10(17)11-9(3)16)12-2-5(14)8(15)7(4)12/h3-8,13-15H,1-2H2,(H,11,16,17)/t3?,4-,5-,6?,7-,8-/m1/s1. The molecule has 3 rings (SSSR count). The van der Waals surface area contributed by atoms with Crippen LogP contribution in [0.3, 0.4) is 0 Å². The van der Waals surface area contributed by atoms with Gasteiger partial charge in [-0.05, 0) is 6.42 Å². The van der Waals surface area contributed by atoms with Crippen molar-refractivity contribution in [3.05, 3.63) is 0 Å². The molecule has 0 saturated carbocycles. The number of aliphatic hydroxyl groups is 3. The minimum absolute atomic E-state index is 0.102. The third-order valence-electron chi connectivity index (χ3n) is 4.00. The lowest BCUT2D eigenvalue weighted by Crippen LogP contribution is -2.58. The number of hydrogen-bond donors (Lipinski definition) is 4. The average molecular weight is 242 g/mol. The highest BCUT2D eigenvalue weighted by atomic mass is 16.3. The van der Waals surface area contributed by atoms with E-state index in [9.17, 15) is 24.9 Å². The molecule has 2 amide bonds. The van der Waals surface area contributed by atoms with Crippen molar-refractivity contribution >= 4 is 11.8 Å². The lowest BCUT2D eigenvalue weighted by atomic mass is 9.85. The van der Waals surface area contributed by atoms with Crippen LogP contribution in [0.2, 0.25) is 0 Å². The van der Waals surface area contributed by atoms with Crippen LogP contribution in [0.25, 0.3) is 0 Å². The monoisotopic (exact) mass is 242 g/mol. The number of rotatable bonds is 0. The second-order valence-corrected chi connectivity index (χ2v) is 4.95. The van der Waals surface area contributed by atoms with E-state index in [1.54, 1.807) is 4.90 Å². The zero-order valence-corrected chi connectivity index (χ0v) is 8.98. The summed E-state index contributed by atoms with van der Waals surface area (Å²) < 4.78 is 0. The second-order valence-electron chi connectivity index (χ2n) is 4.95. The smallest absolute Gasteiger partial charge is 0.244 e. The molecule has 3 aliphatic rings. The first-order valence-corrected chi connectivity index (χ1v) is 5.65. The molecule has 6 atom stereocenters. The molecular formula is C10H14N2O5. The average Bonchev–Trinajstić information content (AvgIpc) is 2.68. The van der Waals surface area contributed by atoms with Crippen molar-refractivity contribution in [3.63, 3.8) is 0 Å². The molecule has 0 aromatic rings. The molecule has 2 unspecified atom stereocenters. The number of imide groups is 1. The molecule has 3 saturated heterocycles. The van der Waals surface area contributed by atoms with Gasteiger partial charge < -0.3 is 15.3 Å². The summed E-state index contributed by atoms with van der Waals surface area (Å²) in [6, 6.07) is -1.33. The molecule has 0 spiro atoms. The van der Waals surface area contributed by atoms with Gasteiger partial charge in [0.15, 0.2) is 0 Å². The Hall–Kier alpha value is -1.02. The summed E-state index contributed by atoms with van der Waals surface area (Å²) in [7, 11) is 0. The molecule has 7 heteroatoms. The number of amides is 2. The molecule has 4 N–H and O–H groups in total. The summed E-state index contributed by atoms with van der Waals surface area (Å²) in [5.74, 6) is -1.36. The summed E-state index contributed by atoms with van der Waals surface area (Å²) in [5, 5.41) is 31.5.